The summed E-state index contributed by atoms with van der Waals surface area (Å²) in [6.45, 7) is 3.20. The first-order valence-electron chi connectivity index (χ1n) is 6.73. The molecular formula is C12H22N4O2S2. The van der Waals surface area contributed by atoms with Gasteiger partial charge in [0.05, 0.1) is 23.5 Å². The molecule has 2 rings (SSSR count). The van der Waals surface area contributed by atoms with Crippen molar-refractivity contribution in [2.75, 3.05) is 19.3 Å². The van der Waals surface area contributed by atoms with E-state index in [2.05, 4.69) is 10.4 Å². The molecule has 20 heavy (non-hydrogen) atoms. The number of aryl methyl sites for hydroxylation is 1. The van der Waals surface area contributed by atoms with Gasteiger partial charge in [-0.1, -0.05) is 0 Å². The van der Waals surface area contributed by atoms with Gasteiger partial charge < -0.3 is 0 Å². The van der Waals surface area contributed by atoms with Crippen molar-refractivity contribution < 1.29 is 8.42 Å². The summed E-state index contributed by atoms with van der Waals surface area (Å²) < 4.78 is 24.9. The molecule has 1 aromatic heterocycles. The van der Waals surface area contributed by atoms with Gasteiger partial charge in [0.15, 0.2) is 0 Å². The third-order valence-corrected chi connectivity index (χ3v) is 6.13. The molecule has 1 aromatic rings. The first kappa shape index (κ1) is 15.8. The molecule has 0 amide bonds. The zero-order valence-corrected chi connectivity index (χ0v) is 13.5. The maximum absolute atomic E-state index is 11.6. The molecule has 1 aliphatic heterocycles. The van der Waals surface area contributed by atoms with Crippen molar-refractivity contribution in [3.63, 3.8) is 0 Å². The van der Waals surface area contributed by atoms with Crippen molar-refractivity contribution in [3.8, 4) is 0 Å². The molecule has 8 heteroatoms. The summed E-state index contributed by atoms with van der Waals surface area (Å²) in [5.74, 6) is 6.00. The fourth-order valence-electron chi connectivity index (χ4n) is 2.75. The zero-order valence-electron chi connectivity index (χ0n) is 11.9. The summed E-state index contributed by atoms with van der Waals surface area (Å²) in [6.07, 6.45) is 4.08. The Morgan fingerprint density at radius 3 is 2.95 bits per heavy atom. The summed E-state index contributed by atoms with van der Waals surface area (Å²) >= 11 is 1.59. The molecule has 0 bridgehead atoms. The number of nitrogens with two attached hydrogens (primary N) is 1. The van der Waals surface area contributed by atoms with Crippen molar-refractivity contribution >= 4 is 21.4 Å². The van der Waals surface area contributed by atoms with Crippen LogP contribution in [0.3, 0.4) is 0 Å². The van der Waals surface area contributed by atoms with Gasteiger partial charge in [0.1, 0.15) is 0 Å². The van der Waals surface area contributed by atoms with Gasteiger partial charge in [-0.25, -0.2) is 17.7 Å². The van der Waals surface area contributed by atoms with Crippen molar-refractivity contribution in [1.82, 2.24) is 14.7 Å². The normalized spacial score (nSPS) is 22.9. The van der Waals surface area contributed by atoms with Crippen LogP contribution in [0.15, 0.2) is 5.51 Å². The molecular weight excluding hydrogens is 296 g/mol. The second kappa shape index (κ2) is 6.48. The molecule has 1 aliphatic rings. The molecule has 3 N–H and O–H groups in total. The van der Waals surface area contributed by atoms with E-state index >= 15 is 0 Å². The van der Waals surface area contributed by atoms with Crippen molar-refractivity contribution in [2.24, 2.45) is 11.8 Å². The Balaban J connectivity index is 2.03. The lowest BCUT2D eigenvalue weighted by molar-refractivity contribution is 0.239. The van der Waals surface area contributed by atoms with Crippen LogP contribution in [-0.2, 0) is 10.0 Å². The fraction of sp³-hybridized carbons (Fsp3) is 0.750. The van der Waals surface area contributed by atoms with Gasteiger partial charge in [-0.2, -0.15) is 0 Å². The standard InChI is InChI=1S/C12H22N4O2S2/c1-9-12(19-8-14-9)11(15-13)6-10-4-3-5-16(7-10)20(2,17)18/h8,10-11,15H,3-7,13H2,1-2H3. The number of hydrazine groups is 1. The van der Waals surface area contributed by atoms with Crippen LogP contribution in [0.2, 0.25) is 0 Å². The van der Waals surface area contributed by atoms with Crippen LogP contribution < -0.4 is 11.3 Å². The van der Waals surface area contributed by atoms with E-state index in [1.807, 2.05) is 12.4 Å². The van der Waals surface area contributed by atoms with Crippen molar-refractivity contribution in [1.29, 1.82) is 0 Å². The second-order valence-corrected chi connectivity index (χ2v) is 8.26. The van der Waals surface area contributed by atoms with Gasteiger partial charge in [-0.15, -0.1) is 11.3 Å². The van der Waals surface area contributed by atoms with Gasteiger partial charge in [0.2, 0.25) is 10.0 Å². The summed E-state index contributed by atoms with van der Waals surface area (Å²) in [5.41, 5.74) is 5.66. The minimum atomic E-state index is -3.09. The predicted molar refractivity (Wildman–Crippen MR) is 80.7 cm³/mol. The SMILES string of the molecule is Cc1ncsc1C(CC1CCCN(S(C)(=O)=O)C1)NN. The van der Waals surface area contributed by atoms with Gasteiger partial charge in [0, 0.05) is 18.0 Å². The third kappa shape index (κ3) is 3.76. The number of hydrogen-bond donors (Lipinski definition) is 2. The van der Waals surface area contributed by atoms with Crippen LogP contribution in [0.5, 0.6) is 0 Å². The Morgan fingerprint density at radius 1 is 1.65 bits per heavy atom. The summed E-state index contributed by atoms with van der Waals surface area (Å²) in [4.78, 5) is 5.39. The van der Waals surface area contributed by atoms with Crippen molar-refractivity contribution in [2.45, 2.75) is 32.2 Å². The molecule has 0 saturated carbocycles. The Bertz CT molecular complexity index is 543. The fourth-order valence-corrected chi connectivity index (χ4v) is 4.57. The molecule has 2 atom stereocenters. The number of nitrogens with zero attached hydrogens (tertiary/aromatic N) is 2. The largest absolute Gasteiger partial charge is 0.271 e. The van der Waals surface area contributed by atoms with Gasteiger partial charge >= 0.3 is 0 Å². The highest BCUT2D eigenvalue weighted by molar-refractivity contribution is 7.88. The smallest absolute Gasteiger partial charge is 0.211 e. The second-order valence-electron chi connectivity index (χ2n) is 5.39. The molecule has 0 aromatic carbocycles. The first-order valence-corrected chi connectivity index (χ1v) is 9.46. The number of sulfonamides is 1. The Labute approximate surface area is 124 Å². The van der Waals surface area contributed by atoms with Crippen molar-refractivity contribution in [3.05, 3.63) is 16.1 Å². The minimum Gasteiger partial charge on any atom is -0.271 e. The van der Waals surface area contributed by atoms with Crippen LogP contribution in [0.25, 0.3) is 0 Å². The summed E-state index contributed by atoms with van der Waals surface area (Å²) in [7, 11) is -3.09. The predicted octanol–water partition coefficient (Wildman–Crippen LogP) is 1.02. The van der Waals surface area contributed by atoms with Crippen LogP contribution in [-0.4, -0.2) is 37.1 Å². The maximum Gasteiger partial charge on any atom is 0.211 e. The molecule has 114 valence electrons. The molecule has 0 spiro atoms. The van der Waals surface area contributed by atoms with Gasteiger partial charge in [-0.05, 0) is 32.1 Å². The average Bonchev–Trinajstić information content (AvgIpc) is 2.81. The number of hydrogen-bond acceptors (Lipinski definition) is 6. The highest BCUT2D eigenvalue weighted by atomic mass is 32.2. The van der Waals surface area contributed by atoms with Crippen LogP contribution in [0, 0.1) is 12.8 Å². The lowest BCUT2D eigenvalue weighted by Gasteiger charge is -2.32. The maximum atomic E-state index is 11.6. The number of rotatable bonds is 5. The summed E-state index contributed by atoms with van der Waals surface area (Å²) in [5, 5.41) is 0. The van der Waals surface area contributed by atoms with E-state index < -0.39 is 10.0 Å². The molecule has 2 heterocycles. The molecule has 1 saturated heterocycles. The van der Waals surface area contributed by atoms with Crippen LogP contribution in [0.4, 0.5) is 0 Å². The number of thiazole rings is 1. The molecule has 0 radical (unpaired) electrons. The van der Waals surface area contributed by atoms with E-state index in [9.17, 15) is 8.42 Å². The van der Waals surface area contributed by atoms with Gasteiger partial charge in [-0.3, -0.25) is 11.3 Å². The highest BCUT2D eigenvalue weighted by Crippen LogP contribution is 2.31. The van der Waals surface area contributed by atoms with E-state index in [1.54, 1.807) is 15.6 Å². The third-order valence-electron chi connectivity index (χ3n) is 3.82. The van der Waals surface area contributed by atoms with E-state index in [4.69, 9.17) is 5.84 Å². The Kier molecular flexibility index (Phi) is 5.14. The minimum absolute atomic E-state index is 0.0482. The molecule has 0 aliphatic carbocycles. The summed E-state index contributed by atoms with van der Waals surface area (Å²) in [6, 6.07) is 0.0482. The Hall–Kier alpha value is -0.540. The molecule has 2 unspecified atom stereocenters. The highest BCUT2D eigenvalue weighted by Gasteiger charge is 2.28. The van der Waals surface area contributed by atoms with Crippen LogP contribution in [0.1, 0.15) is 35.9 Å². The topological polar surface area (TPSA) is 88.3 Å². The van der Waals surface area contributed by atoms with Gasteiger partial charge in [0.25, 0.3) is 0 Å². The lowest BCUT2D eigenvalue weighted by atomic mass is 9.92. The number of aromatic nitrogens is 1. The van der Waals surface area contributed by atoms with E-state index in [0.717, 1.165) is 29.8 Å². The van der Waals surface area contributed by atoms with E-state index in [1.165, 1.54) is 6.26 Å². The quantitative estimate of drug-likeness (QED) is 0.625. The zero-order chi connectivity index (χ0) is 14.8. The number of nitrogens with one attached hydrogen (secondary N) is 1. The molecule has 1 fully saturated rings. The van der Waals surface area contributed by atoms with E-state index in [-0.39, 0.29) is 6.04 Å². The van der Waals surface area contributed by atoms with Crippen LogP contribution >= 0.6 is 11.3 Å². The average molecular weight is 318 g/mol. The Morgan fingerprint density at radius 2 is 2.40 bits per heavy atom. The molecule has 6 nitrogen and oxygen atoms in total. The lowest BCUT2D eigenvalue weighted by Crippen LogP contribution is -2.41. The monoisotopic (exact) mass is 318 g/mol. The first-order chi connectivity index (χ1) is 9.41. The van der Waals surface area contributed by atoms with E-state index in [0.29, 0.717) is 19.0 Å². The number of piperidine rings is 1.